The number of carbonyl (C=O) groups is 1. The number of carboxylic acids is 1. The van der Waals surface area contributed by atoms with E-state index in [-0.39, 0.29) is 5.56 Å². The van der Waals surface area contributed by atoms with Gasteiger partial charge in [-0.15, -0.1) is 11.8 Å². The molecule has 0 spiro atoms. The molecule has 0 radical (unpaired) electrons. The maximum absolute atomic E-state index is 11.1. The zero-order valence-electron chi connectivity index (χ0n) is 12.0. The van der Waals surface area contributed by atoms with E-state index in [1.807, 2.05) is 6.26 Å². The van der Waals surface area contributed by atoms with Gasteiger partial charge in [-0.25, -0.2) is 9.78 Å². The molecule has 23 heavy (non-hydrogen) atoms. The van der Waals surface area contributed by atoms with Gasteiger partial charge >= 0.3 is 5.97 Å². The molecule has 1 aromatic carbocycles. The molecule has 0 fully saturated rings. The van der Waals surface area contributed by atoms with E-state index in [2.05, 4.69) is 21.5 Å². The number of aromatic carboxylic acids is 1. The first-order valence-electron chi connectivity index (χ1n) is 6.56. The highest BCUT2D eigenvalue weighted by atomic mass is 32.2. The normalized spacial score (nSPS) is 10.4. The number of benzene rings is 1. The minimum atomic E-state index is -1.02. The Labute approximate surface area is 135 Å². The number of anilines is 2. The summed E-state index contributed by atoms with van der Waals surface area (Å²) in [5.41, 5.74) is 1.67. The fraction of sp³-hybridized carbons (Fsp3) is 0.0667. The van der Waals surface area contributed by atoms with Crippen LogP contribution in [0.4, 0.5) is 11.5 Å². The number of nitriles is 1. The number of hydrogen-bond donors (Lipinski definition) is 2. The van der Waals surface area contributed by atoms with Gasteiger partial charge in [0.25, 0.3) is 0 Å². The number of nitrogens with one attached hydrogen (secondary N) is 1. The molecular weight excluding hydrogens is 314 g/mol. The Morgan fingerprint density at radius 1 is 1.43 bits per heavy atom. The Kier molecular flexibility index (Phi) is 3.87. The molecule has 0 amide bonds. The molecule has 3 rings (SSSR count). The second-order valence-corrected chi connectivity index (χ2v) is 5.36. The van der Waals surface area contributed by atoms with Gasteiger partial charge in [0.2, 0.25) is 0 Å². The van der Waals surface area contributed by atoms with Crippen LogP contribution in [0.5, 0.6) is 0 Å². The van der Waals surface area contributed by atoms with Crippen molar-refractivity contribution in [3.63, 3.8) is 0 Å². The van der Waals surface area contributed by atoms with Crippen LogP contribution in [0.1, 0.15) is 15.9 Å². The summed E-state index contributed by atoms with van der Waals surface area (Å²) in [5.74, 6) is -0.563. The third-order valence-corrected chi connectivity index (χ3v) is 3.86. The third kappa shape index (κ3) is 2.69. The number of hydrogen-bond acceptors (Lipinski definition) is 6. The molecule has 2 N–H and O–H groups in total. The molecule has 2 aromatic heterocycles. The number of nitrogens with zero attached hydrogens (tertiary/aromatic N) is 4. The van der Waals surface area contributed by atoms with Gasteiger partial charge in [0.05, 0.1) is 11.8 Å². The Hall–Kier alpha value is -3.05. The van der Waals surface area contributed by atoms with Crippen molar-refractivity contribution in [3.8, 4) is 6.07 Å². The fourth-order valence-electron chi connectivity index (χ4n) is 2.15. The molecule has 0 aliphatic heterocycles. The van der Waals surface area contributed by atoms with E-state index in [0.717, 1.165) is 0 Å². The van der Waals surface area contributed by atoms with Crippen molar-refractivity contribution in [2.24, 2.45) is 0 Å². The van der Waals surface area contributed by atoms with Crippen molar-refractivity contribution in [2.75, 3.05) is 11.6 Å². The third-order valence-electron chi connectivity index (χ3n) is 3.18. The van der Waals surface area contributed by atoms with Gasteiger partial charge in [-0.3, -0.25) is 0 Å². The van der Waals surface area contributed by atoms with E-state index in [0.29, 0.717) is 27.7 Å². The number of rotatable bonds is 4. The molecule has 8 heteroatoms. The highest BCUT2D eigenvalue weighted by Gasteiger charge is 2.16. The van der Waals surface area contributed by atoms with Gasteiger partial charge in [0.15, 0.2) is 11.5 Å². The highest BCUT2D eigenvalue weighted by Crippen LogP contribution is 2.28. The summed E-state index contributed by atoms with van der Waals surface area (Å²) in [4.78, 5) is 15.5. The minimum Gasteiger partial charge on any atom is -0.478 e. The van der Waals surface area contributed by atoms with Crippen LogP contribution < -0.4 is 5.32 Å². The Morgan fingerprint density at radius 3 is 2.96 bits per heavy atom. The molecule has 3 aromatic rings. The van der Waals surface area contributed by atoms with Gasteiger partial charge in [-0.2, -0.15) is 14.9 Å². The molecule has 0 unspecified atom stereocenters. The van der Waals surface area contributed by atoms with E-state index >= 15 is 0 Å². The van der Waals surface area contributed by atoms with Crippen LogP contribution in [0.25, 0.3) is 5.65 Å². The monoisotopic (exact) mass is 325 g/mol. The molecule has 2 heterocycles. The number of fused-ring (bicyclic) bond motifs is 1. The van der Waals surface area contributed by atoms with Crippen molar-refractivity contribution in [1.82, 2.24) is 14.6 Å². The first kappa shape index (κ1) is 14.9. The van der Waals surface area contributed by atoms with E-state index in [1.165, 1.54) is 28.4 Å². The molecule has 0 saturated heterocycles. The van der Waals surface area contributed by atoms with Crippen molar-refractivity contribution in [2.45, 2.75) is 5.03 Å². The summed E-state index contributed by atoms with van der Waals surface area (Å²) in [6.07, 6.45) is 3.43. The largest absolute Gasteiger partial charge is 0.478 e. The first-order valence-corrected chi connectivity index (χ1v) is 7.78. The van der Waals surface area contributed by atoms with Gasteiger partial charge in [-0.1, -0.05) is 6.07 Å². The average Bonchev–Trinajstić information content (AvgIpc) is 3.03. The van der Waals surface area contributed by atoms with E-state index < -0.39 is 5.97 Å². The zero-order chi connectivity index (χ0) is 16.4. The standard InChI is InChI=1S/C15H11N5O2S/c1-23-14-11(8-16)13(20-12(19-14)5-6-17-20)18-10-4-2-3-9(7-10)15(21)22/h2-7,18H,1H3,(H,21,22). The van der Waals surface area contributed by atoms with E-state index in [4.69, 9.17) is 5.11 Å². The van der Waals surface area contributed by atoms with Crippen LogP contribution in [0, 0.1) is 11.3 Å². The maximum Gasteiger partial charge on any atom is 0.335 e. The van der Waals surface area contributed by atoms with Gasteiger partial charge in [0, 0.05) is 11.8 Å². The van der Waals surface area contributed by atoms with Crippen LogP contribution in [0.15, 0.2) is 41.6 Å². The number of carboxylic acid groups (broad SMARTS) is 1. The van der Waals surface area contributed by atoms with E-state index in [9.17, 15) is 10.1 Å². The van der Waals surface area contributed by atoms with Crippen molar-refractivity contribution < 1.29 is 9.90 Å². The summed E-state index contributed by atoms with van der Waals surface area (Å²) in [6.45, 7) is 0. The molecule has 0 aliphatic carbocycles. The van der Waals surface area contributed by atoms with Crippen LogP contribution in [0.2, 0.25) is 0 Å². The van der Waals surface area contributed by atoms with Gasteiger partial charge < -0.3 is 10.4 Å². The lowest BCUT2D eigenvalue weighted by atomic mass is 10.2. The van der Waals surface area contributed by atoms with Crippen LogP contribution >= 0.6 is 11.8 Å². The summed E-state index contributed by atoms with van der Waals surface area (Å²) in [7, 11) is 0. The summed E-state index contributed by atoms with van der Waals surface area (Å²) >= 11 is 1.36. The fourth-order valence-corrected chi connectivity index (χ4v) is 2.68. The van der Waals surface area contributed by atoms with Gasteiger partial charge in [0.1, 0.15) is 16.7 Å². The highest BCUT2D eigenvalue weighted by molar-refractivity contribution is 7.98. The Bertz CT molecular complexity index is 945. The lowest BCUT2D eigenvalue weighted by molar-refractivity contribution is 0.0697. The SMILES string of the molecule is CSc1nc2ccnn2c(Nc2cccc(C(=O)O)c2)c1C#N. The van der Waals surface area contributed by atoms with Crippen molar-refractivity contribution in [3.05, 3.63) is 47.7 Å². The minimum absolute atomic E-state index is 0.157. The molecular formula is C15H11N5O2S. The predicted octanol–water partition coefficient (Wildman–Crippen LogP) is 2.76. The van der Waals surface area contributed by atoms with Crippen molar-refractivity contribution >= 4 is 34.9 Å². The lowest BCUT2D eigenvalue weighted by Crippen LogP contribution is -2.06. The second kappa shape index (κ2) is 5.98. The number of aromatic nitrogens is 3. The quantitative estimate of drug-likeness (QED) is 0.561. The maximum atomic E-state index is 11.1. The lowest BCUT2D eigenvalue weighted by Gasteiger charge is -2.12. The predicted molar refractivity (Wildman–Crippen MR) is 86.2 cm³/mol. The topological polar surface area (TPSA) is 103 Å². The van der Waals surface area contributed by atoms with Crippen LogP contribution in [-0.4, -0.2) is 31.9 Å². The van der Waals surface area contributed by atoms with E-state index in [1.54, 1.807) is 24.4 Å². The van der Waals surface area contributed by atoms with Crippen LogP contribution in [-0.2, 0) is 0 Å². The van der Waals surface area contributed by atoms with Crippen LogP contribution in [0.3, 0.4) is 0 Å². The average molecular weight is 325 g/mol. The second-order valence-electron chi connectivity index (χ2n) is 4.57. The summed E-state index contributed by atoms with van der Waals surface area (Å²) in [6, 6.07) is 10.2. The summed E-state index contributed by atoms with van der Waals surface area (Å²) < 4.78 is 1.52. The first-order chi connectivity index (χ1) is 11.1. The smallest absolute Gasteiger partial charge is 0.335 e. The van der Waals surface area contributed by atoms with Crippen molar-refractivity contribution in [1.29, 1.82) is 5.26 Å². The number of thioether (sulfide) groups is 1. The molecule has 7 nitrogen and oxygen atoms in total. The molecule has 0 atom stereocenters. The summed E-state index contributed by atoms with van der Waals surface area (Å²) in [5, 5.41) is 26.4. The molecule has 114 valence electrons. The Morgan fingerprint density at radius 2 is 2.26 bits per heavy atom. The Balaban J connectivity index is 2.16. The zero-order valence-corrected chi connectivity index (χ0v) is 12.8. The molecule has 0 aliphatic rings. The molecule has 0 bridgehead atoms. The molecule has 0 saturated carbocycles. The van der Waals surface area contributed by atoms with Gasteiger partial charge in [-0.05, 0) is 24.5 Å².